The summed E-state index contributed by atoms with van der Waals surface area (Å²) in [4.78, 5) is 9.60. The van der Waals surface area contributed by atoms with Crippen LogP contribution in [0.5, 0.6) is 11.5 Å². The lowest BCUT2D eigenvalue weighted by atomic mass is 9.90. The van der Waals surface area contributed by atoms with Crippen molar-refractivity contribution in [1.29, 1.82) is 0 Å². The number of halogens is 1. The van der Waals surface area contributed by atoms with Crippen molar-refractivity contribution in [1.82, 2.24) is 19.6 Å². The summed E-state index contributed by atoms with van der Waals surface area (Å²) < 4.78 is 38.5. The molecule has 0 amide bonds. The maximum Gasteiger partial charge on any atom is 0.212 e. The van der Waals surface area contributed by atoms with Crippen molar-refractivity contribution >= 4 is 27.3 Å². The average Bonchev–Trinajstić information content (AvgIpc) is 3.62. The van der Waals surface area contributed by atoms with Crippen LogP contribution in [-0.2, 0) is 16.9 Å². The van der Waals surface area contributed by atoms with Crippen LogP contribution in [-0.4, -0.2) is 45.0 Å². The van der Waals surface area contributed by atoms with Gasteiger partial charge in [0, 0.05) is 38.2 Å². The third kappa shape index (κ3) is 4.43. The fourth-order valence-electron chi connectivity index (χ4n) is 4.42. The summed E-state index contributed by atoms with van der Waals surface area (Å²) in [5.74, 6) is 1.64. The van der Waals surface area contributed by atoms with Gasteiger partial charge in [0.1, 0.15) is 35.0 Å². The van der Waals surface area contributed by atoms with Crippen LogP contribution in [0.3, 0.4) is 0 Å². The van der Waals surface area contributed by atoms with Crippen molar-refractivity contribution in [3.63, 3.8) is 0 Å². The summed E-state index contributed by atoms with van der Waals surface area (Å²) in [6.07, 6.45) is 1.48. The summed E-state index contributed by atoms with van der Waals surface area (Å²) in [7, 11) is 1.57. The van der Waals surface area contributed by atoms with E-state index in [1.165, 1.54) is 18.3 Å². The molecule has 6 rings (SSSR count). The highest BCUT2D eigenvalue weighted by Gasteiger charge is 2.33. The maximum atomic E-state index is 13.8. The summed E-state index contributed by atoms with van der Waals surface area (Å²) in [6, 6.07) is 11.0. The number of imidazole rings is 1. The number of alkyl halides is 1. The molecule has 0 bridgehead atoms. The first-order chi connectivity index (χ1) is 17.9. The van der Waals surface area contributed by atoms with Gasteiger partial charge >= 0.3 is 0 Å². The van der Waals surface area contributed by atoms with E-state index in [1.54, 1.807) is 30.0 Å². The molecule has 0 saturated carbocycles. The lowest BCUT2D eigenvalue weighted by molar-refractivity contribution is -0.0706. The first kappa shape index (κ1) is 23.8. The van der Waals surface area contributed by atoms with E-state index in [0.717, 1.165) is 5.39 Å². The Morgan fingerprint density at radius 3 is 2.86 bits per heavy atom. The van der Waals surface area contributed by atoms with Crippen molar-refractivity contribution in [2.24, 2.45) is 0 Å². The Kier molecular flexibility index (Phi) is 6.06. The first-order valence-electron chi connectivity index (χ1n) is 11.9. The van der Waals surface area contributed by atoms with Crippen molar-refractivity contribution < 1.29 is 28.1 Å². The predicted octanol–water partition coefficient (Wildman–Crippen LogP) is 5.22. The summed E-state index contributed by atoms with van der Waals surface area (Å²) in [5, 5.41) is 16.5. The van der Waals surface area contributed by atoms with E-state index in [1.807, 2.05) is 24.3 Å². The minimum atomic E-state index is -1.18. The normalized spacial score (nSPS) is 16.3. The molecule has 9 nitrogen and oxygen atoms in total. The highest BCUT2D eigenvalue weighted by Crippen LogP contribution is 2.38. The predicted molar refractivity (Wildman–Crippen MR) is 135 cm³/mol. The molecule has 0 radical (unpaired) electrons. The Hall–Kier alpha value is -3.54. The fourth-order valence-corrected chi connectivity index (χ4v) is 5.22. The summed E-state index contributed by atoms with van der Waals surface area (Å²) in [5.41, 5.74) is 1.48. The number of rotatable bonds is 7. The zero-order chi connectivity index (χ0) is 25.6. The van der Waals surface area contributed by atoms with Crippen molar-refractivity contribution in [2.45, 2.75) is 38.1 Å². The highest BCUT2D eigenvalue weighted by molar-refractivity contribution is 7.16. The van der Waals surface area contributed by atoms with Crippen molar-refractivity contribution in [2.75, 3.05) is 20.3 Å². The molecule has 0 spiro atoms. The topological polar surface area (TPSA) is 104 Å². The Morgan fingerprint density at radius 2 is 2.08 bits per heavy atom. The molecule has 1 aromatic carbocycles. The minimum Gasteiger partial charge on any atom is -0.496 e. The first-order valence-corrected chi connectivity index (χ1v) is 12.7. The number of furan rings is 1. The number of pyridine rings is 1. The standard InChI is InChI=1S/C26H25FN4O5S/c1-15(27)24-30-31-19(13-28-25(31)37-24)22-12-18-20(10-17(33-2)11-21(18)36-22)35-14-16-4-3-5-23(29-16)26(32)6-8-34-9-7-26/h3-5,10-13,15,32H,6-9,14H2,1-2H3. The zero-order valence-corrected chi connectivity index (χ0v) is 21.1. The van der Waals surface area contributed by atoms with Crippen molar-refractivity contribution in [3.8, 4) is 23.0 Å². The van der Waals surface area contributed by atoms with E-state index in [4.69, 9.17) is 18.6 Å². The monoisotopic (exact) mass is 524 g/mol. The van der Waals surface area contributed by atoms with Crippen LogP contribution in [0.25, 0.3) is 27.4 Å². The lowest BCUT2D eigenvalue weighted by Crippen LogP contribution is -2.34. The minimum absolute atomic E-state index is 0.184. The number of aliphatic hydroxyl groups is 1. The summed E-state index contributed by atoms with van der Waals surface area (Å²) in [6.45, 7) is 2.64. The van der Waals surface area contributed by atoms with Gasteiger partial charge in [0.2, 0.25) is 4.96 Å². The second kappa shape index (κ2) is 9.40. The quantitative estimate of drug-likeness (QED) is 0.309. The zero-order valence-electron chi connectivity index (χ0n) is 20.3. The van der Waals surface area contributed by atoms with E-state index in [0.29, 0.717) is 75.9 Å². The van der Waals surface area contributed by atoms with Crippen LogP contribution in [0.4, 0.5) is 4.39 Å². The lowest BCUT2D eigenvalue weighted by Gasteiger charge is -2.31. The van der Waals surface area contributed by atoms with Gasteiger partial charge in [0.05, 0.1) is 30.1 Å². The molecule has 1 aliphatic rings. The smallest absolute Gasteiger partial charge is 0.212 e. The molecular weight excluding hydrogens is 499 g/mol. The molecule has 0 aliphatic carbocycles. The van der Waals surface area contributed by atoms with Crippen LogP contribution in [0.15, 0.2) is 47.0 Å². The van der Waals surface area contributed by atoms with Gasteiger partial charge < -0.3 is 23.7 Å². The molecule has 4 aromatic heterocycles. The molecule has 5 aromatic rings. The number of ether oxygens (including phenoxy) is 3. The van der Waals surface area contributed by atoms with E-state index in [2.05, 4.69) is 15.1 Å². The molecule has 37 heavy (non-hydrogen) atoms. The number of benzene rings is 1. The van der Waals surface area contributed by atoms with Gasteiger partial charge in [-0.15, -0.1) is 0 Å². The molecular formula is C26H25FN4O5S. The van der Waals surface area contributed by atoms with E-state index in [9.17, 15) is 9.50 Å². The molecule has 5 heterocycles. The molecule has 11 heteroatoms. The van der Waals surface area contributed by atoms with Crippen LogP contribution in [0.2, 0.25) is 0 Å². The van der Waals surface area contributed by atoms with Crippen LogP contribution >= 0.6 is 11.3 Å². The molecule has 192 valence electrons. The van der Waals surface area contributed by atoms with Gasteiger partial charge in [0.15, 0.2) is 16.9 Å². The Labute approximate surface area is 215 Å². The van der Waals surface area contributed by atoms with E-state index in [-0.39, 0.29) is 6.61 Å². The van der Waals surface area contributed by atoms with Gasteiger partial charge in [-0.3, -0.25) is 4.98 Å². The molecule has 1 fully saturated rings. The van der Waals surface area contributed by atoms with Crippen LogP contribution in [0.1, 0.15) is 42.3 Å². The fraction of sp³-hybridized carbons (Fsp3) is 0.346. The third-order valence-electron chi connectivity index (χ3n) is 6.48. The number of aromatic nitrogens is 4. The second-order valence-electron chi connectivity index (χ2n) is 8.99. The van der Waals surface area contributed by atoms with E-state index >= 15 is 0 Å². The highest BCUT2D eigenvalue weighted by atomic mass is 32.1. The van der Waals surface area contributed by atoms with Gasteiger partial charge in [-0.25, -0.2) is 9.37 Å². The Balaban J connectivity index is 1.31. The molecule has 1 N–H and O–H groups in total. The van der Waals surface area contributed by atoms with E-state index < -0.39 is 11.8 Å². The van der Waals surface area contributed by atoms with Gasteiger partial charge in [0.25, 0.3) is 0 Å². The molecule has 1 saturated heterocycles. The SMILES string of the molecule is COc1cc(OCc2cccc(C3(O)CCOCC3)n2)c2cc(-c3cnc4sc(C(C)F)nn34)oc2c1. The number of hydrogen-bond acceptors (Lipinski definition) is 9. The van der Waals surface area contributed by atoms with Crippen LogP contribution in [0, 0.1) is 0 Å². The summed E-state index contributed by atoms with van der Waals surface area (Å²) >= 11 is 1.20. The average molecular weight is 525 g/mol. The molecule has 1 atom stereocenters. The van der Waals surface area contributed by atoms with Gasteiger partial charge in [-0.05, 0) is 25.1 Å². The number of nitrogens with zero attached hydrogens (tertiary/aromatic N) is 4. The number of hydrogen-bond donors (Lipinski definition) is 1. The second-order valence-corrected chi connectivity index (χ2v) is 9.98. The van der Waals surface area contributed by atoms with Gasteiger partial charge in [-0.2, -0.15) is 9.61 Å². The largest absolute Gasteiger partial charge is 0.496 e. The Bertz CT molecular complexity index is 1570. The van der Waals surface area contributed by atoms with Gasteiger partial charge in [-0.1, -0.05) is 17.4 Å². The molecule has 1 unspecified atom stereocenters. The number of methoxy groups -OCH3 is 1. The third-order valence-corrected chi connectivity index (χ3v) is 7.56. The van der Waals surface area contributed by atoms with Crippen molar-refractivity contribution in [3.05, 3.63) is 59.0 Å². The number of fused-ring (bicyclic) bond motifs is 2. The van der Waals surface area contributed by atoms with Crippen LogP contribution < -0.4 is 9.47 Å². The Morgan fingerprint density at radius 1 is 1.24 bits per heavy atom. The maximum absolute atomic E-state index is 13.8. The molecule has 1 aliphatic heterocycles.